The predicted molar refractivity (Wildman–Crippen MR) is 116 cm³/mol. The minimum absolute atomic E-state index is 0.218. The Morgan fingerprint density at radius 1 is 0.839 bits per heavy atom. The van der Waals surface area contributed by atoms with Gasteiger partial charge in [-0.05, 0) is 25.7 Å². The maximum absolute atomic E-state index is 12.0. The summed E-state index contributed by atoms with van der Waals surface area (Å²) in [5.41, 5.74) is 0. The molecule has 0 aromatic heterocycles. The van der Waals surface area contributed by atoms with Crippen molar-refractivity contribution in [3.8, 4) is 0 Å². The summed E-state index contributed by atoms with van der Waals surface area (Å²) in [4.78, 5) is 33.3. The first-order chi connectivity index (χ1) is 14.5. The number of aliphatic carboxylic acids is 2. The zero-order valence-corrected chi connectivity index (χ0v) is 19.6. The largest absolute Gasteiger partial charge is 0.550 e. The lowest BCUT2D eigenvalue weighted by atomic mass is 10.0. The van der Waals surface area contributed by atoms with Crippen molar-refractivity contribution in [3.63, 3.8) is 0 Å². The molecule has 2 N–H and O–H groups in total. The molecular formula is C23H43NO7. The van der Waals surface area contributed by atoms with Crippen molar-refractivity contribution in [2.24, 2.45) is 0 Å². The Morgan fingerprint density at radius 3 is 1.84 bits per heavy atom. The van der Waals surface area contributed by atoms with Crippen molar-refractivity contribution < 1.29 is 38.9 Å². The van der Waals surface area contributed by atoms with Crippen LogP contribution in [0.15, 0.2) is 0 Å². The number of ether oxygens (including phenoxy) is 1. The van der Waals surface area contributed by atoms with Gasteiger partial charge in [-0.15, -0.1) is 0 Å². The third-order valence-corrected chi connectivity index (χ3v) is 5.04. The van der Waals surface area contributed by atoms with Gasteiger partial charge in [-0.1, -0.05) is 44.9 Å². The van der Waals surface area contributed by atoms with E-state index in [0.717, 1.165) is 57.8 Å². The van der Waals surface area contributed by atoms with Gasteiger partial charge in [0.2, 0.25) is 0 Å². The molecule has 0 aromatic carbocycles. The summed E-state index contributed by atoms with van der Waals surface area (Å²) < 4.78 is 5.80. The monoisotopic (exact) mass is 445 g/mol. The molecule has 182 valence electrons. The van der Waals surface area contributed by atoms with Crippen molar-refractivity contribution in [2.45, 2.75) is 102 Å². The van der Waals surface area contributed by atoms with Gasteiger partial charge >= 0.3 is 11.9 Å². The van der Waals surface area contributed by atoms with Crippen molar-refractivity contribution in [1.29, 1.82) is 0 Å². The number of quaternary nitrogens is 1. The second kappa shape index (κ2) is 17.0. The Bertz CT molecular complexity index is 517. The minimum atomic E-state index is -1.23. The van der Waals surface area contributed by atoms with Crippen LogP contribution in [0.2, 0.25) is 0 Å². The zero-order chi connectivity index (χ0) is 23.7. The Balaban J connectivity index is 3.76. The van der Waals surface area contributed by atoms with E-state index in [1.54, 1.807) is 0 Å². The van der Waals surface area contributed by atoms with Crippen LogP contribution in [0, 0.1) is 0 Å². The van der Waals surface area contributed by atoms with Gasteiger partial charge in [0, 0.05) is 25.2 Å². The summed E-state index contributed by atoms with van der Waals surface area (Å²) >= 11 is 0. The molecule has 0 aliphatic rings. The average Bonchev–Trinajstić information content (AvgIpc) is 2.61. The van der Waals surface area contributed by atoms with Crippen LogP contribution in [0.3, 0.4) is 0 Å². The van der Waals surface area contributed by atoms with Crippen LogP contribution in [0.5, 0.6) is 0 Å². The van der Waals surface area contributed by atoms with E-state index >= 15 is 0 Å². The number of rotatable bonds is 20. The smallest absolute Gasteiger partial charge is 0.306 e. The second-order valence-electron chi connectivity index (χ2n) is 9.47. The molecule has 0 bridgehead atoms. The molecule has 8 heteroatoms. The summed E-state index contributed by atoms with van der Waals surface area (Å²) in [6, 6.07) is 0. The Hall–Kier alpha value is -1.67. The highest BCUT2D eigenvalue weighted by molar-refractivity contribution is 5.70. The number of aliphatic hydroxyl groups is 1. The van der Waals surface area contributed by atoms with Gasteiger partial charge in [0.25, 0.3) is 0 Å². The molecular weight excluding hydrogens is 402 g/mol. The second-order valence-corrected chi connectivity index (χ2v) is 9.47. The number of aliphatic hydroxyl groups excluding tert-OH is 1. The lowest BCUT2D eigenvalue weighted by Crippen LogP contribution is -2.45. The standard InChI is InChI=1S/C23H43NO7/c1-24(2,3)18-20(17-22(28)29)31-23(30)16-12-11-14-19(25)13-9-7-5-4-6-8-10-15-21(26)27/h19-20,25H,4-18H2,1-3H3,(H-,26,27,28,29). The number of carbonyl (C=O) groups excluding carboxylic acids is 2. The fourth-order valence-electron chi connectivity index (χ4n) is 3.52. The van der Waals surface area contributed by atoms with Gasteiger partial charge < -0.3 is 29.3 Å². The topological polar surface area (TPSA) is 124 Å². The van der Waals surface area contributed by atoms with Gasteiger partial charge in [-0.3, -0.25) is 9.59 Å². The van der Waals surface area contributed by atoms with E-state index < -0.39 is 24.0 Å². The summed E-state index contributed by atoms with van der Waals surface area (Å²) in [5, 5.41) is 29.5. The first-order valence-electron chi connectivity index (χ1n) is 11.6. The molecule has 0 amide bonds. The molecule has 0 saturated carbocycles. The maximum atomic E-state index is 12.0. The molecule has 0 saturated heterocycles. The Morgan fingerprint density at radius 2 is 1.32 bits per heavy atom. The molecule has 0 aliphatic heterocycles. The predicted octanol–water partition coefficient (Wildman–Crippen LogP) is 2.26. The van der Waals surface area contributed by atoms with Gasteiger partial charge in [0.15, 0.2) is 6.10 Å². The fourth-order valence-corrected chi connectivity index (χ4v) is 3.52. The number of hydrogen-bond acceptors (Lipinski definition) is 6. The van der Waals surface area contributed by atoms with Gasteiger partial charge in [-0.2, -0.15) is 0 Å². The Labute approximate surface area is 187 Å². The number of hydrogen-bond donors (Lipinski definition) is 2. The molecule has 0 radical (unpaired) electrons. The summed E-state index contributed by atoms with van der Waals surface area (Å²) in [5.74, 6) is -2.37. The molecule has 31 heavy (non-hydrogen) atoms. The number of likely N-dealkylation sites (N-methyl/N-ethyl adjacent to an activating group) is 1. The molecule has 0 heterocycles. The van der Waals surface area contributed by atoms with E-state index in [1.807, 2.05) is 21.1 Å². The number of carboxylic acids is 2. The lowest BCUT2D eigenvalue weighted by molar-refractivity contribution is -0.873. The van der Waals surface area contributed by atoms with Crippen LogP contribution in [0.4, 0.5) is 0 Å². The van der Waals surface area contributed by atoms with Gasteiger partial charge in [0.05, 0.1) is 27.2 Å². The highest BCUT2D eigenvalue weighted by Gasteiger charge is 2.22. The summed E-state index contributed by atoms with van der Waals surface area (Å²) in [7, 11) is 5.71. The van der Waals surface area contributed by atoms with Gasteiger partial charge in [-0.25, -0.2) is 0 Å². The quantitative estimate of drug-likeness (QED) is 0.167. The van der Waals surface area contributed by atoms with E-state index in [9.17, 15) is 24.6 Å². The summed E-state index contributed by atoms with van der Waals surface area (Å²) in [6.07, 6.45) is 8.83. The third-order valence-electron chi connectivity index (χ3n) is 5.04. The van der Waals surface area contributed by atoms with E-state index in [1.165, 1.54) is 0 Å². The van der Waals surface area contributed by atoms with Crippen LogP contribution < -0.4 is 5.11 Å². The highest BCUT2D eigenvalue weighted by Crippen LogP contribution is 2.14. The van der Waals surface area contributed by atoms with E-state index in [4.69, 9.17) is 9.84 Å². The third kappa shape index (κ3) is 21.4. The fraction of sp³-hybridized carbons (Fsp3) is 0.870. The van der Waals surface area contributed by atoms with Crippen molar-refractivity contribution in [3.05, 3.63) is 0 Å². The minimum Gasteiger partial charge on any atom is -0.550 e. The zero-order valence-electron chi connectivity index (χ0n) is 19.6. The van der Waals surface area contributed by atoms with Crippen molar-refractivity contribution >= 4 is 17.9 Å². The van der Waals surface area contributed by atoms with Gasteiger partial charge in [0.1, 0.15) is 6.54 Å². The number of carboxylic acid groups (broad SMARTS) is 2. The van der Waals surface area contributed by atoms with Crippen LogP contribution >= 0.6 is 0 Å². The molecule has 0 aliphatic carbocycles. The molecule has 2 atom stereocenters. The lowest BCUT2D eigenvalue weighted by Gasteiger charge is -2.29. The molecule has 0 rings (SSSR count). The number of unbranched alkanes of at least 4 members (excludes halogenated alkanes) is 7. The molecule has 0 fully saturated rings. The van der Waals surface area contributed by atoms with E-state index in [2.05, 4.69) is 0 Å². The first-order valence-corrected chi connectivity index (χ1v) is 11.6. The molecule has 0 spiro atoms. The Kier molecular flexibility index (Phi) is 16.0. The van der Waals surface area contributed by atoms with Crippen LogP contribution in [0.1, 0.15) is 89.9 Å². The normalized spacial score (nSPS) is 13.5. The first kappa shape index (κ1) is 29.3. The van der Waals surface area contributed by atoms with Crippen molar-refractivity contribution in [1.82, 2.24) is 0 Å². The molecule has 8 nitrogen and oxygen atoms in total. The maximum Gasteiger partial charge on any atom is 0.306 e. The molecule has 0 aromatic rings. The van der Waals surface area contributed by atoms with E-state index in [0.29, 0.717) is 23.9 Å². The molecule has 2 unspecified atom stereocenters. The number of esters is 1. The number of nitrogens with zero attached hydrogens (tertiary/aromatic N) is 1. The van der Waals surface area contributed by atoms with Crippen LogP contribution in [-0.4, -0.2) is 72.5 Å². The number of carbonyl (C=O) groups is 3. The average molecular weight is 446 g/mol. The highest BCUT2D eigenvalue weighted by atomic mass is 16.5. The van der Waals surface area contributed by atoms with Crippen LogP contribution in [0.25, 0.3) is 0 Å². The van der Waals surface area contributed by atoms with E-state index in [-0.39, 0.29) is 25.4 Å². The van der Waals surface area contributed by atoms with Crippen LogP contribution in [-0.2, 0) is 19.1 Å². The SMILES string of the molecule is C[N+](C)(C)CC(CC(=O)[O-])OC(=O)CCCCC(O)CCCCCCCCCC(=O)O. The van der Waals surface area contributed by atoms with Crippen molar-refractivity contribution in [2.75, 3.05) is 27.7 Å². The summed E-state index contributed by atoms with van der Waals surface area (Å²) in [6.45, 7) is 0.404.